The molecule has 0 bridgehead atoms. The number of allylic oxidation sites excluding steroid dienone is 3. The minimum Gasteiger partial charge on any atom is -0.381 e. The summed E-state index contributed by atoms with van der Waals surface area (Å²) in [6.07, 6.45) is 13.0. The highest BCUT2D eigenvalue weighted by atomic mass is 35.5. The van der Waals surface area contributed by atoms with Crippen molar-refractivity contribution in [2.24, 2.45) is 11.7 Å². The summed E-state index contributed by atoms with van der Waals surface area (Å²) in [5, 5.41) is 6.74. The Bertz CT molecular complexity index is 983. The molecule has 0 aromatic carbocycles. The number of hydrogen-bond donors (Lipinski definition) is 3. The second-order valence-electron chi connectivity index (χ2n) is 8.09. The van der Waals surface area contributed by atoms with Crippen molar-refractivity contribution < 1.29 is 9.53 Å². The second-order valence-corrected chi connectivity index (χ2v) is 8.50. The first-order valence-electron chi connectivity index (χ1n) is 11.1. The minimum absolute atomic E-state index is 0.257. The molecule has 4 rings (SSSR count). The Labute approximate surface area is 199 Å². The van der Waals surface area contributed by atoms with Gasteiger partial charge in [0.05, 0.1) is 5.69 Å². The molecule has 1 aliphatic heterocycles. The van der Waals surface area contributed by atoms with Gasteiger partial charge in [-0.1, -0.05) is 17.7 Å². The maximum absolute atomic E-state index is 10.1. The molecule has 1 fully saturated rings. The molecule has 1 aliphatic carbocycles. The highest BCUT2D eigenvalue weighted by molar-refractivity contribution is 6.31. The third kappa shape index (κ3) is 7.12. The normalized spacial score (nSPS) is 18.5. The standard InChI is InChI=1S/C14H19N5O.C9H13ClN2O/c1-10-7-15-14(17-12-3-5-20-6-4-12)18-13(10)19-8-11(2)16-9-19;10-9-3-1-2-7(5-12-6-13)8(9)4-11/h7-9,12H,3-6H2,1-2H3,(H,15,17,18);1,3,6-7H,2,4-5,11H2,(H,12,13). The molecule has 3 heterocycles. The zero-order chi connectivity index (χ0) is 23.6. The Morgan fingerprint density at radius 3 is 2.76 bits per heavy atom. The Morgan fingerprint density at radius 2 is 2.09 bits per heavy atom. The molecular formula is C23H32ClN7O2. The molecule has 1 atom stereocenters. The number of hydrogen-bond acceptors (Lipinski definition) is 7. The molecular weight excluding hydrogens is 442 g/mol. The fourth-order valence-corrected chi connectivity index (χ4v) is 4.09. The van der Waals surface area contributed by atoms with Gasteiger partial charge < -0.3 is 21.1 Å². The summed E-state index contributed by atoms with van der Waals surface area (Å²) in [5.74, 6) is 1.80. The molecule has 9 nitrogen and oxygen atoms in total. The molecule has 33 heavy (non-hydrogen) atoms. The van der Waals surface area contributed by atoms with E-state index in [4.69, 9.17) is 22.1 Å². The molecule has 178 valence electrons. The zero-order valence-electron chi connectivity index (χ0n) is 19.1. The van der Waals surface area contributed by atoms with E-state index in [9.17, 15) is 4.79 Å². The van der Waals surface area contributed by atoms with Gasteiger partial charge in [-0.3, -0.25) is 9.36 Å². The van der Waals surface area contributed by atoms with Gasteiger partial charge in [0.15, 0.2) is 0 Å². The predicted molar refractivity (Wildman–Crippen MR) is 129 cm³/mol. The van der Waals surface area contributed by atoms with Gasteiger partial charge in [-0.15, -0.1) is 0 Å². The largest absolute Gasteiger partial charge is 0.381 e. The first-order valence-corrected chi connectivity index (χ1v) is 11.5. The van der Waals surface area contributed by atoms with Crippen molar-refractivity contribution in [2.45, 2.75) is 39.2 Å². The SMILES string of the molecule is Cc1cn(-c2nc(NC3CCOCC3)ncc2C)cn1.NCC1=C(Cl)C=CCC1CNC=O. The van der Waals surface area contributed by atoms with Crippen molar-refractivity contribution in [1.29, 1.82) is 0 Å². The van der Waals surface area contributed by atoms with E-state index < -0.39 is 0 Å². The number of aryl methyl sites for hydroxylation is 2. The highest BCUT2D eigenvalue weighted by Crippen LogP contribution is 2.26. The molecule has 1 amide bonds. The Balaban J connectivity index is 0.000000205. The Hall–Kier alpha value is -2.75. The summed E-state index contributed by atoms with van der Waals surface area (Å²) in [7, 11) is 0. The van der Waals surface area contributed by atoms with Crippen LogP contribution < -0.4 is 16.4 Å². The van der Waals surface area contributed by atoms with E-state index in [2.05, 4.69) is 25.6 Å². The van der Waals surface area contributed by atoms with Crippen LogP contribution in [0, 0.1) is 19.8 Å². The Kier molecular flexibility index (Phi) is 9.41. The van der Waals surface area contributed by atoms with Crippen LogP contribution in [-0.2, 0) is 9.53 Å². The van der Waals surface area contributed by atoms with Crippen LogP contribution in [0.5, 0.6) is 0 Å². The first-order chi connectivity index (χ1) is 16.0. The van der Waals surface area contributed by atoms with Gasteiger partial charge in [0.1, 0.15) is 12.1 Å². The molecule has 1 unspecified atom stereocenters. The maximum Gasteiger partial charge on any atom is 0.224 e. The van der Waals surface area contributed by atoms with Crippen molar-refractivity contribution in [3.05, 3.63) is 52.7 Å². The quantitative estimate of drug-likeness (QED) is 0.528. The van der Waals surface area contributed by atoms with Crippen LogP contribution in [0.15, 0.2) is 41.5 Å². The summed E-state index contributed by atoms with van der Waals surface area (Å²) in [6, 6.07) is 0.392. The van der Waals surface area contributed by atoms with E-state index in [0.717, 1.165) is 55.1 Å². The van der Waals surface area contributed by atoms with E-state index in [1.807, 2.05) is 43.0 Å². The summed E-state index contributed by atoms with van der Waals surface area (Å²) in [5.41, 5.74) is 8.59. The number of imidazole rings is 1. The van der Waals surface area contributed by atoms with E-state index in [0.29, 0.717) is 36.5 Å². The van der Waals surface area contributed by atoms with Gasteiger partial charge in [0.2, 0.25) is 12.4 Å². The van der Waals surface area contributed by atoms with Crippen LogP contribution in [0.2, 0.25) is 0 Å². The molecule has 2 aromatic heterocycles. The van der Waals surface area contributed by atoms with Crippen molar-refractivity contribution in [1.82, 2.24) is 24.8 Å². The van der Waals surface area contributed by atoms with Gasteiger partial charge in [0.25, 0.3) is 0 Å². The number of anilines is 1. The molecule has 4 N–H and O–H groups in total. The smallest absolute Gasteiger partial charge is 0.224 e. The maximum atomic E-state index is 10.1. The van der Waals surface area contributed by atoms with Gasteiger partial charge >= 0.3 is 0 Å². The average molecular weight is 474 g/mol. The molecule has 1 saturated heterocycles. The van der Waals surface area contributed by atoms with Gasteiger partial charge in [0, 0.05) is 61.3 Å². The number of ether oxygens (including phenoxy) is 1. The van der Waals surface area contributed by atoms with Crippen LogP contribution in [0.25, 0.3) is 5.82 Å². The fourth-order valence-electron chi connectivity index (χ4n) is 3.77. The van der Waals surface area contributed by atoms with E-state index in [1.165, 1.54) is 0 Å². The van der Waals surface area contributed by atoms with E-state index in [1.54, 1.807) is 6.33 Å². The van der Waals surface area contributed by atoms with Crippen molar-refractivity contribution in [3.8, 4) is 5.82 Å². The summed E-state index contributed by atoms with van der Waals surface area (Å²) in [6.45, 7) is 6.64. The van der Waals surface area contributed by atoms with Gasteiger partial charge in [-0.25, -0.2) is 9.97 Å². The van der Waals surface area contributed by atoms with Crippen LogP contribution in [0.3, 0.4) is 0 Å². The number of amides is 1. The van der Waals surface area contributed by atoms with Crippen LogP contribution in [0.4, 0.5) is 5.95 Å². The molecule has 2 aromatic rings. The van der Waals surface area contributed by atoms with Crippen molar-refractivity contribution >= 4 is 24.0 Å². The van der Waals surface area contributed by atoms with Crippen LogP contribution in [-0.4, -0.2) is 58.3 Å². The molecule has 0 saturated carbocycles. The third-order valence-electron chi connectivity index (χ3n) is 5.61. The molecule has 0 radical (unpaired) electrons. The number of nitrogens with one attached hydrogen (secondary N) is 2. The van der Waals surface area contributed by atoms with Crippen LogP contribution in [0.1, 0.15) is 30.5 Å². The number of aromatic nitrogens is 4. The number of nitrogens with two attached hydrogens (primary N) is 1. The van der Waals surface area contributed by atoms with Crippen molar-refractivity contribution in [2.75, 3.05) is 31.6 Å². The number of halogens is 1. The molecule has 10 heteroatoms. The Morgan fingerprint density at radius 1 is 1.30 bits per heavy atom. The first kappa shape index (κ1) is 24.9. The topological polar surface area (TPSA) is 120 Å². The summed E-state index contributed by atoms with van der Waals surface area (Å²) < 4.78 is 7.29. The fraction of sp³-hybridized carbons (Fsp3) is 0.478. The van der Waals surface area contributed by atoms with Gasteiger partial charge in [-0.05, 0) is 44.8 Å². The minimum atomic E-state index is 0.257. The highest BCUT2D eigenvalue weighted by Gasteiger charge is 2.17. The average Bonchev–Trinajstić information content (AvgIpc) is 3.26. The van der Waals surface area contributed by atoms with E-state index >= 15 is 0 Å². The van der Waals surface area contributed by atoms with E-state index in [-0.39, 0.29) is 5.92 Å². The lowest BCUT2D eigenvalue weighted by atomic mass is 9.91. The van der Waals surface area contributed by atoms with Crippen molar-refractivity contribution in [3.63, 3.8) is 0 Å². The van der Waals surface area contributed by atoms with Crippen LogP contribution >= 0.6 is 11.6 Å². The lowest BCUT2D eigenvalue weighted by Crippen LogP contribution is -2.28. The van der Waals surface area contributed by atoms with Gasteiger partial charge in [-0.2, -0.15) is 4.98 Å². The summed E-state index contributed by atoms with van der Waals surface area (Å²) >= 11 is 5.95. The lowest BCUT2D eigenvalue weighted by molar-refractivity contribution is -0.109. The third-order valence-corrected chi connectivity index (χ3v) is 5.98. The number of nitrogens with zero attached hydrogens (tertiary/aromatic N) is 4. The molecule has 0 spiro atoms. The number of carbonyl (C=O) groups excluding carboxylic acids is 1. The second kappa shape index (κ2) is 12.5. The lowest BCUT2D eigenvalue weighted by Gasteiger charge is -2.23. The number of carbonyl (C=O) groups is 1. The monoisotopic (exact) mass is 473 g/mol. The summed E-state index contributed by atoms with van der Waals surface area (Å²) in [4.78, 5) is 23.3. The number of rotatable bonds is 7. The predicted octanol–water partition coefficient (Wildman–Crippen LogP) is 2.63. The zero-order valence-corrected chi connectivity index (χ0v) is 19.9. The molecule has 2 aliphatic rings.